The van der Waals surface area contributed by atoms with Crippen molar-refractivity contribution in [2.45, 2.75) is 54.7 Å². The van der Waals surface area contributed by atoms with Gasteiger partial charge in [0, 0.05) is 24.7 Å². The van der Waals surface area contributed by atoms with Crippen LogP contribution >= 0.6 is 11.8 Å². The van der Waals surface area contributed by atoms with Crippen LogP contribution in [-0.4, -0.2) is 30.4 Å². The molecule has 1 aliphatic carbocycles. The van der Waals surface area contributed by atoms with Gasteiger partial charge >= 0.3 is 0 Å². The van der Waals surface area contributed by atoms with Gasteiger partial charge in [-0.05, 0) is 38.3 Å². The maximum absolute atomic E-state index is 12.8. The summed E-state index contributed by atoms with van der Waals surface area (Å²) in [5, 5.41) is 3.18. The number of hydrogen-bond donors (Lipinski definition) is 1. The van der Waals surface area contributed by atoms with Gasteiger partial charge < -0.3 is 10.1 Å². The normalized spacial score (nSPS) is 18.4. The van der Waals surface area contributed by atoms with Gasteiger partial charge in [0.2, 0.25) is 5.91 Å². The average molecular weight is 307 g/mol. The number of amides is 1. The molecule has 0 saturated heterocycles. The summed E-state index contributed by atoms with van der Waals surface area (Å²) in [7, 11) is 1.69. The Labute approximate surface area is 131 Å². The van der Waals surface area contributed by atoms with Crippen LogP contribution in [0.4, 0.5) is 0 Å². The van der Waals surface area contributed by atoms with Gasteiger partial charge in [-0.1, -0.05) is 31.0 Å². The van der Waals surface area contributed by atoms with E-state index in [9.17, 15) is 4.79 Å². The molecule has 1 amide bonds. The number of hydrogen-bond acceptors (Lipinski definition) is 3. The van der Waals surface area contributed by atoms with E-state index in [0.717, 1.165) is 32.1 Å². The molecule has 0 aliphatic heterocycles. The topological polar surface area (TPSA) is 38.3 Å². The molecule has 1 aliphatic rings. The van der Waals surface area contributed by atoms with Crippen LogP contribution < -0.4 is 5.32 Å². The molecule has 1 aromatic carbocycles. The number of thioether (sulfide) groups is 1. The van der Waals surface area contributed by atoms with Gasteiger partial charge in [-0.3, -0.25) is 4.79 Å². The van der Waals surface area contributed by atoms with Crippen molar-refractivity contribution in [2.24, 2.45) is 0 Å². The van der Waals surface area contributed by atoms with E-state index in [1.54, 1.807) is 18.9 Å². The molecule has 1 atom stereocenters. The lowest BCUT2D eigenvalue weighted by Crippen LogP contribution is -2.46. The highest BCUT2D eigenvalue weighted by Gasteiger charge is 2.42. The Kier molecular flexibility index (Phi) is 6.12. The third-order valence-corrected chi connectivity index (χ3v) is 5.51. The molecule has 1 aromatic rings. The SMILES string of the molecule is COCCC(C)NC(=O)C1(Sc2ccccc2)CCCC1. The van der Waals surface area contributed by atoms with Crippen LogP contribution in [0.1, 0.15) is 39.0 Å². The van der Waals surface area contributed by atoms with Crippen LogP contribution in [0.5, 0.6) is 0 Å². The van der Waals surface area contributed by atoms with Crippen LogP contribution in [0.3, 0.4) is 0 Å². The van der Waals surface area contributed by atoms with Crippen LogP contribution in [0, 0.1) is 0 Å². The first-order valence-corrected chi connectivity index (χ1v) is 8.52. The van der Waals surface area contributed by atoms with Crippen molar-refractivity contribution < 1.29 is 9.53 Å². The summed E-state index contributed by atoms with van der Waals surface area (Å²) < 4.78 is 4.79. The van der Waals surface area contributed by atoms with Gasteiger partial charge in [0.1, 0.15) is 0 Å². The van der Waals surface area contributed by atoms with E-state index in [0.29, 0.717) is 6.61 Å². The van der Waals surface area contributed by atoms with E-state index >= 15 is 0 Å². The molecule has 0 radical (unpaired) electrons. The third-order valence-electron chi connectivity index (χ3n) is 4.01. The number of nitrogens with one attached hydrogen (secondary N) is 1. The molecule has 3 nitrogen and oxygen atoms in total. The maximum Gasteiger partial charge on any atom is 0.236 e. The summed E-state index contributed by atoms with van der Waals surface area (Å²) in [6.07, 6.45) is 5.07. The number of rotatable bonds is 7. The molecule has 116 valence electrons. The first kappa shape index (κ1) is 16.4. The van der Waals surface area contributed by atoms with Crippen LogP contribution in [0.15, 0.2) is 35.2 Å². The van der Waals surface area contributed by atoms with Gasteiger partial charge in [0.05, 0.1) is 4.75 Å². The highest BCUT2D eigenvalue weighted by atomic mass is 32.2. The van der Waals surface area contributed by atoms with Crippen molar-refractivity contribution in [2.75, 3.05) is 13.7 Å². The molecule has 0 bridgehead atoms. The molecular weight excluding hydrogens is 282 g/mol. The first-order chi connectivity index (χ1) is 10.2. The zero-order chi connectivity index (χ0) is 15.1. The Hall–Kier alpha value is -1.00. The fraction of sp³-hybridized carbons (Fsp3) is 0.588. The summed E-state index contributed by atoms with van der Waals surface area (Å²) >= 11 is 1.73. The standard InChI is InChI=1S/C17H25NO2S/c1-14(10-13-20-2)18-16(19)17(11-6-7-12-17)21-15-8-4-3-5-9-15/h3-5,8-9,14H,6-7,10-13H2,1-2H3,(H,18,19). The predicted octanol–water partition coefficient (Wildman–Crippen LogP) is 3.63. The summed E-state index contributed by atoms with van der Waals surface area (Å²) in [6.45, 7) is 2.73. The summed E-state index contributed by atoms with van der Waals surface area (Å²) in [6, 6.07) is 10.4. The molecule has 21 heavy (non-hydrogen) atoms. The summed E-state index contributed by atoms with van der Waals surface area (Å²) in [5.41, 5.74) is 0. The molecular formula is C17H25NO2S. The van der Waals surface area contributed by atoms with Gasteiger partial charge in [0.15, 0.2) is 0 Å². The number of benzene rings is 1. The molecule has 1 unspecified atom stereocenters. The lowest BCUT2D eigenvalue weighted by Gasteiger charge is -2.29. The molecule has 4 heteroatoms. The molecule has 0 spiro atoms. The van der Waals surface area contributed by atoms with Crippen molar-refractivity contribution in [1.82, 2.24) is 5.32 Å². The molecule has 1 N–H and O–H groups in total. The quantitative estimate of drug-likeness (QED) is 0.836. The number of methoxy groups -OCH3 is 1. The largest absolute Gasteiger partial charge is 0.385 e. The van der Waals surface area contributed by atoms with Crippen molar-refractivity contribution in [3.05, 3.63) is 30.3 Å². The van der Waals surface area contributed by atoms with E-state index in [2.05, 4.69) is 17.4 Å². The van der Waals surface area contributed by atoms with E-state index in [1.807, 2.05) is 25.1 Å². The Bertz CT molecular complexity index is 443. The van der Waals surface area contributed by atoms with Crippen molar-refractivity contribution >= 4 is 17.7 Å². The zero-order valence-corrected chi connectivity index (χ0v) is 13.7. The van der Waals surface area contributed by atoms with E-state index in [1.165, 1.54) is 4.90 Å². The number of carbonyl (C=O) groups excluding carboxylic acids is 1. The number of ether oxygens (including phenoxy) is 1. The molecule has 1 fully saturated rings. The lowest BCUT2D eigenvalue weighted by molar-refractivity contribution is -0.124. The molecule has 2 rings (SSSR count). The minimum atomic E-state index is -0.289. The Morgan fingerprint density at radius 3 is 2.62 bits per heavy atom. The molecule has 0 aromatic heterocycles. The second-order valence-electron chi connectivity index (χ2n) is 5.77. The zero-order valence-electron chi connectivity index (χ0n) is 12.9. The van der Waals surface area contributed by atoms with Gasteiger partial charge in [-0.2, -0.15) is 0 Å². The first-order valence-electron chi connectivity index (χ1n) is 7.70. The second-order valence-corrected chi connectivity index (χ2v) is 7.23. The lowest BCUT2D eigenvalue weighted by atomic mass is 10.1. The van der Waals surface area contributed by atoms with Crippen LogP contribution in [0.25, 0.3) is 0 Å². The minimum absolute atomic E-state index is 0.159. The highest BCUT2D eigenvalue weighted by Crippen LogP contribution is 2.45. The van der Waals surface area contributed by atoms with E-state index in [4.69, 9.17) is 4.74 Å². The van der Waals surface area contributed by atoms with E-state index < -0.39 is 0 Å². The van der Waals surface area contributed by atoms with Gasteiger partial charge in [-0.25, -0.2) is 0 Å². The summed E-state index contributed by atoms with van der Waals surface area (Å²) in [4.78, 5) is 14.0. The Morgan fingerprint density at radius 1 is 1.33 bits per heavy atom. The van der Waals surface area contributed by atoms with Crippen molar-refractivity contribution in [3.63, 3.8) is 0 Å². The Morgan fingerprint density at radius 2 is 2.00 bits per heavy atom. The van der Waals surface area contributed by atoms with Gasteiger partial charge in [0.25, 0.3) is 0 Å². The fourth-order valence-corrected chi connectivity index (χ4v) is 4.15. The number of carbonyl (C=O) groups is 1. The third kappa shape index (κ3) is 4.48. The molecule has 1 saturated carbocycles. The smallest absolute Gasteiger partial charge is 0.236 e. The minimum Gasteiger partial charge on any atom is -0.385 e. The highest BCUT2D eigenvalue weighted by molar-refractivity contribution is 8.01. The monoisotopic (exact) mass is 307 g/mol. The second kappa shape index (κ2) is 7.85. The van der Waals surface area contributed by atoms with Gasteiger partial charge in [-0.15, -0.1) is 11.8 Å². The predicted molar refractivity (Wildman–Crippen MR) is 87.6 cm³/mol. The summed E-state index contributed by atoms with van der Waals surface area (Å²) in [5.74, 6) is 0.192. The van der Waals surface area contributed by atoms with Crippen molar-refractivity contribution in [3.8, 4) is 0 Å². The van der Waals surface area contributed by atoms with Crippen LogP contribution in [0.2, 0.25) is 0 Å². The van der Waals surface area contributed by atoms with Crippen LogP contribution in [-0.2, 0) is 9.53 Å². The average Bonchev–Trinajstić information content (AvgIpc) is 2.96. The fourth-order valence-electron chi connectivity index (χ4n) is 2.76. The van der Waals surface area contributed by atoms with Crippen molar-refractivity contribution in [1.29, 1.82) is 0 Å². The maximum atomic E-state index is 12.8. The Balaban J connectivity index is 2.02. The van der Waals surface area contributed by atoms with E-state index in [-0.39, 0.29) is 16.7 Å². The molecule has 0 heterocycles.